The molecule has 4 heteroatoms. The number of benzene rings is 12. The molecule has 2 aliphatic heterocycles. The first-order valence-corrected chi connectivity index (χ1v) is 30.2. The average Bonchev–Trinajstić information content (AvgIpc) is 1.58. The number of nitrogens with zero attached hydrogens (tertiary/aromatic N) is 2. The Bertz CT molecular complexity index is 5100. The molecule has 0 amide bonds. The normalized spacial score (nSPS) is 13.9. The van der Waals surface area contributed by atoms with E-state index in [1.165, 1.54) is 149 Å². The van der Waals surface area contributed by atoms with Crippen molar-refractivity contribution in [2.24, 2.45) is 0 Å². The monoisotopic (exact) mass is 1090 g/mol. The van der Waals surface area contributed by atoms with Crippen molar-refractivity contribution in [1.82, 2.24) is 9.13 Å². The number of aromatic nitrogens is 2. The van der Waals surface area contributed by atoms with Gasteiger partial charge in [-0.1, -0.05) is 260 Å². The summed E-state index contributed by atoms with van der Waals surface area (Å²) in [5.74, 6) is 1.82. The van der Waals surface area contributed by atoms with Gasteiger partial charge < -0.3 is 13.9 Å². The third-order valence-electron chi connectivity index (χ3n) is 19.6. The molecule has 1 spiro atoms. The van der Waals surface area contributed by atoms with Crippen LogP contribution in [0, 0.1) is 0 Å². The molecule has 85 heavy (non-hydrogen) atoms. The Hall–Kier alpha value is -9.90. The summed E-state index contributed by atoms with van der Waals surface area (Å²) in [6.07, 6.45) is 0. The quantitative estimate of drug-likeness (QED) is 0.161. The van der Waals surface area contributed by atoms with Crippen LogP contribution in [0.1, 0.15) is 74.9 Å². The number of para-hydroxylation sites is 3. The van der Waals surface area contributed by atoms with Gasteiger partial charge in [-0.05, 0) is 135 Å². The van der Waals surface area contributed by atoms with Crippen LogP contribution >= 0.6 is 0 Å². The van der Waals surface area contributed by atoms with E-state index in [9.17, 15) is 0 Å². The van der Waals surface area contributed by atoms with E-state index in [4.69, 9.17) is 4.74 Å². The van der Waals surface area contributed by atoms with Gasteiger partial charge in [0.25, 0.3) is 6.71 Å². The zero-order chi connectivity index (χ0) is 56.8. The first-order chi connectivity index (χ1) is 41.4. The second-order valence-corrected chi connectivity index (χ2v) is 26.3. The molecule has 18 rings (SSSR count). The molecule has 4 aliphatic rings. The summed E-state index contributed by atoms with van der Waals surface area (Å²) in [6, 6.07) is 94.4. The zero-order valence-electron chi connectivity index (χ0n) is 48.6. The third kappa shape index (κ3) is 6.52. The number of hydrogen-bond donors (Lipinski definition) is 0. The van der Waals surface area contributed by atoms with Gasteiger partial charge in [0.15, 0.2) is 0 Å². The maximum absolute atomic E-state index is 7.80. The fourth-order valence-corrected chi connectivity index (χ4v) is 15.9. The summed E-state index contributed by atoms with van der Waals surface area (Å²) in [6.45, 7) is 13.9. The van der Waals surface area contributed by atoms with E-state index >= 15 is 0 Å². The lowest BCUT2D eigenvalue weighted by atomic mass is 9.34. The second-order valence-electron chi connectivity index (χ2n) is 26.3. The minimum atomic E-state index is -0.525. The highest BCUT2D eigenvalue weighted by atomic mass is 16.5. The maximum Gasteiger partial charge on any atom is 0.256 e. The van der Waals surface area contributed by atoms with Crippen LogP contribution in [0.5, 0.6) is 11.5 Å². The maximum atomic E-state index is 7.80. The minimum Gasteiger partial charge on any atom is -0.458 e. The standard InChI is InChI=1S/C81H59BN2O/c1-79(2,3)52-40-50(41-53(44-52)80(4,5)6)51-42-71-75-73(43-51)85-72-47-66-61(58-30-15-20-37-65(58)81(66)63-35-18-13-28-56(63)57-29-14-19-36-64(57)81)45-67(72)82(75)68-46-62-59-31-16-21-38-69(59)84(77(62)74-60-32-17-22-39-70(60)83(71)78(68)74)76-54(48-24-9-7-10-25-48)33-23-34-55(76)49-26-11-8-12-27-49/h7-47H,1-6H3. The summed E-state index contributed by atoms with van der Waals surface area (Å²) >= 11 is 0. The molecule has 0 unspecified atom stereocenters. The fraction of sp³-hybridized carbons (Fsp3) is 0.111. The first kappa shape index (κ1) is 48.6. The van der Waals surface area contributed by atoms with E-state index in [0.29, 0.717) is 0 Å². The molecule has 0 bridgehead atoms. The second kappa shape index (κ2) is 17.1. The Balaban J connectivity index is 1.00. The SMILES string of the molecule is CC(C)(C)c1cc(-c2cc3c4c(c2)-n2c5ccccc5c5c2c(cc2c6ccccc6n(-c6c(-c7ccccc7)cccc6-c6ccccc6)c25)B4c2cc4c(cc2O3)C2(c3ccccc3-c3ccccc32)c2ccccc2-4)cc(C(C)(C)C)c1. The molecule has 2 aromatic heterocycles. The van der Waals surface area contributed by atoms with Crippen LogP contribution < -0.4 is 21.1 Å². The minimum absolute atomic E-state index is 0.0739. The molecule has 14 aromatic rings. The summed E-state index contributed by atoms with van der Waals surface area (Å²) in [5, 5.41) is 4.93. The van der Waals surface area contributed by atoms with Gasteiger partial charge in [-0.15, -0.1) is 0 Å². The summed E-state index contributed by atoms with van der Waals surface area (Å²) in [5.41, 5.74) is 30.2. The van der Waals surface area contributed by atoms with Gasteiger partial charge in [0.1, 0.15) is 11.5 Å². The van der Waals surface area contributed by atoms with Crippen LogP contribution in [-0.2, 0) is 16.2 Å². The molecule has 0 saturated heterocycles. The molecule has 0 saturated carbocycles. The molecule has 0 radical (unpaired) electrons. The lowest BCUT2D eigenvalue weighted by molar-refractivity contribution is 0.486. The molecule has 0 fully saturated rings. The molecule has 12 aromatic carbocycles. The summed E-state index contributed by atoms with van der Waals surface area (Å²) in [4.78, 5) is 0. The van der Waals surface area contributed by atoms with Crippen LogP contribution in [0.2, 0.25) is 0 Å². The smallest absolute Gasteiger partial charge is 0.256 e. The van der Waals surface area contributed by atoms with Crippen LogP contribution in [-0.4, -0.2) is 15.8 Å². The third-order valence-corrected chi connectivity index (χ3v) is 19.6. The first-order valence-electron chi connectivity index (χ1n) is 30.2. The Morgan fingerprint density at radius 2 is 0.859 bits per heavy atom. The van der Waals surface area contributed by atoms with Gasteiger partial charge in [0.2, 0.25) is 0 Å². The van der Waals surface area contributed by atoms with Crippen LogP contribution in [0.15, 0.2) is 249 Å². The van der Waals surface area contributed by atoms with E-state index in [1.807, 2.05) is 0 Å². The number of rotatable bonds is 4. The number of hydrogen-bond acceptors (Lipinski definition) is 1. The van der Waals surface area contributed by atoms with E-state index < -0.39 is 5.41 Å². The summed E-state index contributed by atoms with van der Waals surface area (Å²) < 4.78 is 13.1. The average molecular weight is 1090 g/mol. The molecule has 402 valence electrons. The van der Waals surface area contributed by atoms with Crippen molar-refractivity contribution in [3.63, 3.8) is 0 Å². The highest BCUT2D eigenvalue weighted by Gasteiger charge is 2.53. The predicted molar refractivity (Wildman–Crippen MR) is 356 cm³/mol. The van der Waals surface area contributed by atoms with E-state index in [-0.39, 0.29) is 17.5 Å². The van der Waals surface area contributed by atoms with Gasteiger partial charge in [-0.2, -0.15) is 0 Å². The van der Waals surface area contributed by atoms with Crippen molar-refractivity contribution < 1.29 is 4.74 Å². The topological polar surface area (TPSA) is 19.1 Å². The Labute approximate surface area is 496 Å². The van der Waals surface area contributed by atoms with E-state index in [2.05, 4.69) is 299 Å². The Morgan fingerprint density at radius 3 is 1.46 bits per heavy atom. The fourth-order valence-electron chi connectivity index (χ4n) is 15.9. The molecule has 0 atom stereocenters. The molecule has 0 N–H and O–H groups in total. The van der Waals surface area contributed by atoms with Crippen molar-refractivity contribution >= 4 is 66.7 Å². The number of fused-ring (bicyclic) bond motifs is 21. The zero-order valence-corrected chi connectivity index (χ0v) is 48.6. The van der Waals surface area contributed by atoms with Gasteiger partial charge in [0.05, 0.1) is 33.2 Å². The van der Waals surface area contributed by atoms with Crippen molar-refractivity contribution in [2.75, 3.05) is 0 Å². The lowest BCUT2D eigenvalue weighted by Crippen LogP contribution is -2.58. The van der Waals surface area contributed by atoms with Gasteiger partial charge in [-0.25, -0.2) is 0 Å². The Morgan fingerprint density at radius 1 is 0.353 bits per heavy atom. The van der Waals surface area contributed by atoms with Crippen molar-refractivity contribution in [1.29, 1.82) is 0 Å². The van der Waals surface area contributed by atoms with Gasteiger partial charge in [0, 0.05) is 38.4 Å². The molecule has 2 aliphatic carbocycles. The molecule has 3 nitrogen and oxygen atoms in total. The Kier molecular flexibility index (Phi) is 9.79. The van der Waals surface area contributed by atoms with Crippen molar-refractivity contribution in [3.8, 4) is 78.5 Å². The number of ether oxygens (including phenoxy) is 1. The largest absolute Gasteiger partial charge is 0.458 e. The molecule has 4 heterocycles. The molecular weight excluding hydrogens is 1030 g/mol. The summed E-state index contributed by atoms with van der Waals surface area (Å²) in [7, 11) is 0. The van der Waals surface area contributed by atoms with Gasteiger partial charge in [-0.3, -0.25) is 0 Å². The van der Waals surface area contributed by atoms with Crippen molar-refractivity contribution in [2.45, 2.75) is 57.8 Å². The van der Waals surface area contributed by atoms with Crippen molar-refractivity contribution in [3.05, 3.63) is 282 Å². The van der Waals surface area contributed by atoms with Crippen LogP contribution in [0.25, 0.3) is 111 Å². The van der Waals surface area contributed by atoms with E-state index in [1.54, 1.807) is 0 Å². The highest BCUT2D eigenvalue weighted by Crippen LogP contribution is 2.63. The molecular formula is C81H59BN2O. The van der Waals surface area contributed by atoms with Crippen LogP contribution in [0.4, 0.5) is 0 Å². The van der Waals surface area contributed by atoms with Crippen LogP contribution in [0.3, 0.4) is 0 Å². The highest BCUT2D eigenvalue weighted by molar-refractivity contribution is 6.99. The lowest BCUT2D eigenvalue weighted by Gasteiger charge is -2.35. The van der Waals surface area contributed by atoms with Gasteiger partial charge >= 0.3 is 0 Å². The predicted octanol–water partition coefficient (Wildman–Crippen LogP) is 18.8. The van der Waals surface area contributed by atoms with E-state index in [0.717, 1.165) is 22.7 Å².